The van der Waals surface area contributed by atoms with Gasteiger partial charge in [0.05, 0.1) is 4.90 Å². The maximum Gasteiger partial charge on any atom is 0.188 e. The molecule has 0 atom stereocenters. The van der Waals surface area contributed by atoms with Crippen molar-refractivity contribution in [2.45, 2.75) is 41.4 Å². The number of rotatable bonds is 4. The highest BCUT2D eigenvalue weighted by atomic mass is 35.5. The number of hydrogen-bond acceptors (Lipinski definition) is 3. The van der Waals surface area contributed by atoms with Crippen molar-refractivity contribution in [3.63, 3.8) is 0 Å². The Balaban J connectivity index is 2.18. The monoisotopic (exact) mass is 399 g/mol. The van der Waals surface area contributed by atoms with Crippen LogP contribution in [-0.2, 0) is 14.6 Å². The Labute approximate surface area is 157 Å². The molecule has 3 nitrogen and oxygen atoms in total. The Hall–Kier alpha value is -1.50. The van der Waals surface area contributed by atoms with E-state index in [0.717, 1.165) is 18.2 Å². The van der Waals surface area contributed by atoms with Gasteiger partial charge in [-0.15, -0.1) is 0 Å². The largest absolute Gasteiger partial charge is 0.317 e. The van der Waals surface area contributed by atoms with Gasteiger partial charge in [-0.2, -0.15) is 0 Å². The van der Waals surface area contributed by atoms with E-state index in [1.165, 1.54) is 24.3 Å². The van der Waals surface area contributed by atoms with Crippen LogP contribution >= 0.6 is 11.6 Å². The van der Waals surface area contributed by atoms with Gasteiger partial charge in [0.2, 0.25) is 0 Å². The molecule has 0 spiro atoms. The van der Waals surface area contributed by atoms with E-state index in [2.05, 4.69) is 5.32 Å². The van der Waals surface area contributed by atoms with E-state index in [4.69, 9.17) is 11.6 Å². The van der Waals surface area contributed by atoms with Gasteiger partial charge in [-0.1, -0.05) is 11.6 Å². The molecule has 2 aromatic rings. The maximum atomic E-state index is 14.6. The lowest BCUT2D eigenvalue weighted by Gasteiger charge is -2.40. The summed E-state index contributed by atoms with van der Waals surface area (Å²) in [4.78, 5) is 0.0634. The molecule has 0 saturated heterocycles. The molecule has 2 aromatic carbocycles. The van der Waals surface area contributed by atoms with Gasteiger partial charge in [0.15, 0.2) is 9.84 Å². The van der Waals surface area contributed by atoms with Crippen LogP contribution in [0.2, 0.25) is 5.02 Å². The molecule has 0 aliphatic heterocycles. The molecule has 1 aliphatic rings. The summed E-state index contributed by atoms with van der Waals surface area (Å²) in [5.74, 6) is -1.35. The second kappa shape index (κ2) is 7.25. The quantitative estimate of drug-likeness (QED) is 0.826. The van der Waals surface area contributed by atoms with Crippen LogP contribution in [0.4, 0.5) is 8.78 Å². The third-order valence-corrected chi connectivity index (χ3v) is 8.06. The van der Waals surface area contributed by atoms with Crippen molar-refractivity contribution in [2.24, 2.45) is 0 Å². The van der Waals surface area contributed by atoms with Crippen molar-refractivity contribution in [2.75, 3.05) is 7.05 Å². The van der Waals surface area contributed by atoms with Gasteiger partial charge in [-0.3, -0.25) is 0 Å². The van der Waals surface area contributed by atoms with E-state index in [1.54, 1.807) is 0 Å². The number of sulfone groups is 1. The Bertz CT molecular complexity index is 892. The molecule has 7 heteroatoms. The molecular weight excluding hydrogens is 380 g/mol. The zero-order valence-electron chi connectivity index (χ0n) is 14.3. The van der Waals surface area contributed by atoms with Crippen LogP contribution in [0.5, 0.6) is 0 Å². The van der Waals surface area contributed by atoms with Crippen molar-refractivity contribution >= 4 is 21.4 Å². The second-order valence-corrected chi connectivity index (χ2v) is 9.33. The predicted octanol–water partition coefficient (Wildman–Crippen LogP) is 4.45. The van der Waals surface area contributed by atoms with Gasteiger partial charge in [-0.05, 0) is 75.2 Å². The average Bonchev–Trinajstić information content (AvgIpc) is 2.64. The standard InChI is InChI=1S/C19H20ClF2NO2S/c1-23-15-8-10-19(11-9-15,17-12-14(21)4-7-18(17)22)26(24,25)16-5-2-13(20)3-6-16/h2-7,12,15,23H,8-11H2,1H3. The third-order valence-electron chi connectivity index (χ3n) is 5.26. The number of hydrogen-bond donors (Lipinski definition) is 1. The molecule has 0 amide bonds. The molecule has 3 rings (SSSR count). The summed E-state index contributed by atoms with van der Waals surface area (Å²) in [7, 11) is -2.14. The van der Waals surface area contributed by atoms with Crippen molar-refractivity contribution in [1.82, 2.24) is 5.32 Å². The lowest BCUT2D eigenvalue weighted by atomic mass is 9.80. The first-order valence-electron chi connectivity index (χ1n) is 8.43. The first-order chi connectivity index (χ1) is 12.3. The van der Waals surface area contributed by atoms with Crippen LogP contribution in [0, 0.1) is 11.6 Å². The van der Waals surface area contributed by atoms with E-state index in [9.17, 15) is 17.2 Å². The summed E-state index contributed by atoms with van der Waals surface area (Å²) in [5.41, 5.74) is -0.0954. The zero-order valence-corrected chi connectivity index (χ0v) is 15.9. The molecule has 0 heterocycles. The topological polar surface area (TPSA) is 46.2 Å². The Kier molecular flexibility index (Phi) is 5.37. The van der Waals surface area contributed by atoms with Crippen molar-refractivity contribution in [3.05, 3.63) is 64.7 Å². The summed E-state index contributed by atoms with van der Waals surface area (Å²) in [6.07, 6.45) is 1.53. The van der Waals surface area contributed by atoms with Crippen LogP contribution in [0.3, 0.4) is 0 Å². The summed E-state index contributed by atoms with van der Waals surface area (Å²) < 4.78 is 54.0. The molecule has 140 valence electrons. The normalized spacial score (nSPS) is 23.8. The number of halogens is 3. The fourth-order valence-corrected chi connectivity index (χ4v) is 6.03. The first-order valence-corrected chi connectivity index (χ1v) is 10.3. The minimum atomic E-state index is -3.96. The highest BCUT2D eigenvalue weighted by Crippen LogP contribution is 2.47. The maximum absolute atomic E-state index is 14.6. The molecule has 1 saturated carbocycles. The van der Waals surface area contributed by atoms with Gasteiger partial charge in [0, 0.05) is 16.6 Å². The van der Waals surface area contributed by atoms with E-state index in [-0.39, 0.29) is 29.3 Å². The zero-order chi connectivity index (χ0) is 18.9. The van der Waals surface area contributed by atoms with E-state index in [1.807, 2.05) is 7.05 Å². The minimum Gasteiger partial charge on any atom is -0.317 e. The van der Waals surface area contributed by atoms with E-state index in [0.29, 0.717) is 17.9 Å². The van der Waals surface area contributed by atoms with E-state index >= 15 is 0 Å². The molecular formula is C19H20ClF2NO2S. The van der Waals surface area contributed by atoms with Crippen molar-refractivity contribution < 1.29 is 17.2 Å². The van der Waals surface area contributed by atoms with Gasteiger partial charge in [0.1, 0.15) is 16.4 Å². The molecule has 1 fully saturated rings. The van der Waals surface area contributed by atoms with Crippen molar-refractivity contribution in [3.8, 4) is 0 Å². The minimum absolute atomic E-state index is 0.0634. The average molecular weight is 400 g/mol. The molecule has 0 aromatic heterocycles. The highest BCUT2D eigenvalue weighted by Gasteiger charge is 2.49. The Morgan fingerprint density at radius 3 is 2.27 bits per heavy atom. The third kappa shape index (κ3) is 3.26. The summed E-state index contributed by atoms with van der Waals surface area (Å²) >= 11 is 5.87. The molecule has 1 N–H and O–H groups in total. The fraction of sp³-hybridized carbons (Fsp3) is 0.368. The summed E-state index contributed by atoms with van der Waals surface area (Å²) in [5, 5.41) is 3.55. The summed E-state index contributed by atoms with van der Waals surface area (Å²) in [6, 6.07) is 8.98. The predicted molar refractivity (Wildman–Crippen MR) is 98.0 cm³/mol. The van der Waals surface area contributed by atoms with Crippen LogP contribution in [0.15, 0.2) is 47.4 Å². The number of benzene rings is 2. The van der Waals surface area contributed by atoms with Crippen LogP contribution < -0.4 is 5.32 Å². The van der Waals surface area contributed by atoms with Crippen LogP contribution in [-0.4, -0.2) is 21.5 Å². The Morgan fingerprint density at radius 1 is 1.08 bits per heavy atom. The lowest BCUT2D eigenvalue weighted by molar-refractivity contribution is 0.313. The number of nitrogens with one attached hydrogen (secondary N) is 1. The van der Waals surface area contributed by atoms with Crippen LogP contribution in [0.1, 0.15) is 31.2 Å². The van der Waals surface area contributed by atoms with Crippen molar-refractivity contribution in [1.29, 1.82) is 0 Å². The van der Waals surface area contributed by atoms with Gasteiger partial charge in [-0.25, -0.2) is 17.2 Å². The Morgan fingerprint density at radius 2 is 1.69 bits per heavy atom. The molecule has 26 heavy (non-hydrogen) atoms. The smallest absolute Gasteiger partial charge is 0.188 e. The van der Waals surface area contributed by atoms with Gasteiger partial charge in [0.25, 0.3) is 0 Å². The molecule has 0 unspecified atom stereocenters. The summed E-state index contributed by atoms with van der Waals surface area (Å²) in [6.45, 7) is 0. The second-order valence-electron chi connectivity index (χ2n) is 6.64. The van der Waals surface area contributed by atoms with Gasteiger partial charge < -0.3 is 5.32 Å². The molecule has 0 bridgehead atoms. The van der Waals surface area contributed by atoms with Gasteiger partial charge >= 0.3 is 0 Å². The SMILES string of the molecule is CNC1CCC(c2cc(F)ccc2F)(S(=O)(=O)c2ccc(Cl)cc2)CC1. The lowest BCUT2D eigenvalue weighted by Crippen LogP contribution is -2.44. The first kappa shape index (κ1) is 19.3. The van der Waals surface area contributed by atoms with Crippen LogP contribution in [0.25, 0.3) is 0 Å². The highest BCUT2D eigenvalue weighted by molar-refractivity contribution is 7.92. The van der Waals surface area contributed by atoms with E-state index < -0.39 is 26.2 Å². The fourth-order valence-electron chi connectivity index (χ4n) is 3.74. The molecule has 0 radical (unpaired) electrons. The molecule has 1 aliphatic carbocycles.